The van der Waals surface area contributed by atoms with Gasteiger partial charge in [0.15, 0.2) is 0 Å². The summed E-state index contributed by atoms with van der Waals surface area (Å²) in [5, 5.41) is 11.2. The summed E-state index contributed by atoms with van der Waals surface area (Å²) in [6, 6.07) is 20.4. The van der Waals surface area contributed by atoms with Gasteiger partial charge in [-0.25, -0.2) is 0 Å². The number of carbonyl (C=O) groups excluding carboxylic acids is 3. The van der Waals surface area contributed by atoms with E-state index in [1.807, 2.05) is 98.8 Å². The van der Waals surface area contributed by atoms with E-state index in [0.717, 1.165) is 11.1 Å². The summed E-state index contributed by atoms with van der Waals surface area (Å²) in [6.07, 6.45) is 6.92. The number of aliphatic hydroxyl groups is 1. The number of nitrogens with zero attached hydrogens (tertiary/aromatic N) is 3. The van der Waals surface area contributed by atoms with Gasteiger partial charge < -0.3 is 29.3 Å². The second-order valence-electron chi connectivity index (χ2n) is 12.7. The van der Waals surface area contributed by atoms with E-state index in [2.05, 4.69) is 0 Å². The van der Waals surface area contributed by atoms with Crippen molar-refractivity contribution in [2.75, 3.05) is 36.1 Å². The average molecular weight is 668 g/mol. The number of amides is 3. The van der Waals surface area contributed by atoms with Gasteiger partial charge >= 0.3 is 0 Å². The first-order chi connectivity index (χ1) is 23.3. The number of benzene rings is 3. The van der Waals surface area contributed by atoms with E-state index in [9.17, 15) is 19.5 Å². The summed E-state index contributed by atoms with van der Waals surface area (Å²) in [5.74, 6) is -2.26. The summed E-state index contributed by atoms with van der Waals surface area (Å²) < 4.78 is 12.4. The zero-order valence-electron chi connectivity index (χ0n) is 26.9. The van der Waals surface area contributed by atoms with E-state index in [-0.39, 0.29) is 25.0 Å². The third-order valence-electron chi connectivity index (χ3n) is 9.93. The van der Waals surface area contributed by atoms with Gasteiger partial charge in [0.1, 0.15) is 17.4 Å². The number of hydrogen-bond acceptors (Lipinski definition) is 6. The molecule has 2 fully saturated rings. The number of anilines is 2. The van der Waals surface area contributed by atoms with Crippen LogP contribution in [0.2, 0.25) is 5.02 Å². The van der Waals surface area contributed by atoms with Crippen LogP contribution in [0.25, 0.3) is 0 Å². The number of para-hydroxylation sites is 1. The van der Waals surface area contributed by atoms with E-state index in [1.54, 1.807) is 21.9 Å². The van der Waals surface area contributed by atoms with Gasteiger partial charge in [0.05, 0.1) is 47.9 Å². The highest BCUT2D eigenvalue weighted by molar-refractivity contribution is 6.34. The Morgan fingerprint density at radius 2 is 1.69 bits per heavy atom. The fourth-order valence-corrected chi connectivity index (χ4v) is 8.22. The van der Waals surface area contributed by atoms with Gasteiger partial charge in [0.2, 0.25) is 11.8 Å². The highest BCUT2D eigenvalue weighted by Crippen LogP contribution is 2.54. The number of hydrogen-bond donors (Lipinski definition) is 1. The zero-order valence-corrected chi connectivity index (χ0v) is 27.6. The molecule has 48 heavy (non-hydrogen) atoms. The van der Waals surface area contributed by atoms with Gasteiger partial charge in [0.25, 0.3) is 5.91 Å². The number of likely N-dealkylation sites (tertiary alicyclic amines) is 1. The first kappa shape index (κ1) is 32.1. The molecule has 1 spiro atoms. The van der Waals surface area contributed by atoms with Crippen LogP contribution in [0.1, 0.15) is 18.1 Å². The number of ether oxygens (including phenoxy) is 2. The number of carbonyl (C=O) groups is 3. The van der Waals surface area contributed by atoms with E-state index >= 15 is 0 Å². The molecule has 248 valence electrons. The molecule has 0 aliphatic carbocycles. The van der Waals surface area contributed by atoms with Crippen LogP contribution in [0.4, 0.5) is 11.4 Å². The molecule has 4 aliphatic rings. The second kappa shape index (κ2) is 12.9. The van der Waals surface area contributed by atoms with E-state index in [4.69, 9.17) is 21.1 Å². The largest absolute Gasteiger partial charge is 0.494 e. The molecule has 6 atom stereocenters. The van der Waals surface area contributed by atoms with Crippen molar-refractivity contribution in [2.45, 2.75) is 44.1 Å². The summed E-state index contributed by atoms with van der Waals surface area (Å²) in [4.78, 5) is 49.2. The van der Waals surface area contributed by atoms with Gasteiger partial charge in [-0.2, -0.15) is 0 Å². The molecule has 2 saturated heterocycles. The van der Waals surface area contributed by atoms with Crippen LogP contribution in [0, 0.1) is 18.8 Å². The van der Waals surface area contributed by atoms with Crippen LogP contribution < -0.4 is 14.5 Å². The van der Waals surface area contributed by atoms with Gasteiger partial charge in [-0.1, -0.05) is 78.4 Å². The predicted octanol–water partition coefficient (Wildman–Crippen LogP) is 4.74. The SMILES string of the molecule is CCOc1ccc(N2CC=C[C@@H]3O[C@]45C=CCN(c6c(C)cccc6Cl)C(=O)C4N([C@@H](CO)Cc4ccccc4)C(=O)[C@@H]5[C@@H]3C2=O)cc1. The molecule has 3 aromatic carbocycles. The molecular formula is C38H38ClN3O6. The second-order valence-corrected chi connectivity index (χ2v) is 13.1. The lowest BCUT2D eigenvalue weighted by atomic mass is 9.77. The van der Waals surface area contributed by atoms with Crippen LogP contribution >= 0.6 is 11.6 Å². The summed E-state index contributed by atoms with van der Waals surface area (Å²) in [6.45, 7) is 4.42. The first-order valence-electron chi connectivity index (χ1n) is 16.4. The van der Waals surface area contributed by atoms with Gasteiger partial charge in [-0.05, 0) is 61.7 Å². The molecule has 0 bridgehead atoms. The van der Waals surface area contributed by atoms with Crippen LogP contribution in [-0.4, -0.2) is 77.8 Å². The van der Waals surface area contributed by atoms with Crippen LogP contribution in [0.5, 0.6) is 5.75 Å². The summed E-state index contributed by atoms with van der Waals surface area (Å²) in [7, 11) is 0. The Hall–Kier alpha value is -4.44. The summed E-state index contributed by atoms with van der Waals surface area (Å²) >= 11 is 6.70. The first-order valence-corrected chi connectivity index (χ1v) is 16.8. The van der Waals surface area contributed by atoms with E-state index in [0.29, 0.717) is 41.7 Å². The minimum absolute atomic E-state index is 0.194. The maximum atomic E-state index is 15.0. The number of aliphatic hydroxyl groups excluding tert-OH is 1. The number of halogens is 1. The van der Waals surface area contributed by atoms with E-state index < -0.39 is 41.5 Å². The van der Waals surface area contributed by atoms with Gasteiger partial charge in [-0.15, -0.1) is 0 Å². The zero-order chi connectivity index (χ0) is 33.6. The fourth-order valence-electron chi connectivity index (χ4n) is 7.89. The molecule has 3 amide bonds. The van der Waals surface area contributed by atoms with Crippen molar-refractivity contribution >= 4 is 40.7 Å². The van der Waals surface area contributed by atoms with Crippen molar-refractivity contribution in [1.29, 1.82) is 0 Å². The van der Waals surface area contributed by atoms with Gasteiger partial charge in [0, 0.05) is 18.8 Å². The minimum Gasteiger partial charge on any atom is -0.494 e. The van der Waals surface area contributed by atoms with Crippen LogP contribution in [0.15, 0.2) is 97.1 Å². The highest BCUT2D eigenvalue weighted by atomic mass is 35.5. The molecule has 10 heteroatoms. The third kappa shape index (κ3) is 5.21. The third-order valence-corrected chi connectivity index (χ3v) is 10.2. The quantitative estimate of drug-likeness (QED) is 0.349. The Labute approximate surface area is 285 Å². The number of rotatable bonds is 8. The van der Waals surface area contributed by atoms with Crippen molar-refractivity contribution < 1.29 is 29.0 Å². The van der Waals surface area contributed by atoms with Crippen molar-refractivity contribution in [3.8, 4) is 5.75 Å². The minimum atomic E-state index is -1.46. The molecule has 4 heterocycles. The molecule has 0 radical (unpaired) electrons. The van der Waals surface area contributed by atoms with Gasteiger partial charge in [-0.3, -0.25) is 14.4 Å². The van der Waals surface area contributed by atoms with Crippen molar-refractivity contribution in [2.24, 2.45) is 11.8 Å². The predicted molar refractivity (Wildman–Crippen MR) is 183 cm³/mol. The molecule has 0 aromatic heterocycles. The molecular weight excluding hydrogens is 630 g/mol. The Morgan fingerprint density at radius 3 is 2.40 bits per heavy atom. The average Bonchev–Trinajstić information content (AvgIpc) is 3.41. The Morgan fingerprint density at radius 1 is 0.938 bits per heavy atom. The standard InChI is InChI=1S/C38H38ClN3O6/c1-3-47-28-17-15-26(16-18-28)40-20-8-14-30-31(35(40)44)32-36(45)42(27(23-43)22-25-11-5-4-6-12-25)34-37(46)41(21-9-19-38(32,34)48-30)33-24(2)10-7-13-29(33)39/h4-19,27,30-32,34,43H,3,20-23H2,1-2H3/t27-,30+,31-,32+,34?,38+/m1/s1. The van der Waals surface area contributed by atoms with Crippen LogP contribution in [0.3, 0.4) is 0 Å². The van der Waals surface area contributed by atoms with E-state index in [1.165, 1.54) is 4.90 Å². The topological polar surface area (TPSA) is 99.6 Å². The Kier molecular flexibility index (Phi) is 8.62. The fraction of sp³-hybridized carbons (Fsp3) is 0.342. The maximum Gasteiger partial charge on any atom is 0.253 e. The molecule has 9 nitrogen and oxygen atoms in total. The smallest absolute Gasteiger partial charge is 0.253 e. The lowest BCUT2D eigenvalue weighted by Crippen LogP contribution is -2.58. The van der Waals surface area contributed by atoms with Crippen molar-refractivity contribution in [3.05, 3.63) is 113 Å². The molecule has 7 rings (SSSR count). The maximum absolute atomic E-state index is 15.0. The molecule has 0 saturated carbocycles. The highest BCUT2D eigenvalue weighted by Gasteiger charge is 2.72. The molecule has 3 aromatic rings. The van der Waals surface area contributed by atoms with Crippen LogP contribution in [-0.2, 0) is 25.5 Å². The Bertz CT molecular complexity index is 1760. The normalized spacial score (nSPS) is 27.0. The molecule has 4 aliphatic heterocycles. The monoisotopic (exact) mass is 667 g/mol. The van der Waals surface area contributed by atoms with Crippen molar-refractivity contribution in [3.63, 3.8) is 0 Å². The number of fused-ring (bicyclic) bond motifs is 2. The lowest BCUT2D eigenvalue weighted by Gasteiger charge is -2.39. The lowest BCUT2D eigenvalue weighted by molar-refractivity contribution is -0.144. The van der Waals surface area contributed by atoms with Crippen molar-refractivity contribution in [1.82, 2.24) is 4.90 Å². The Balaban J connectivity index is 1.33. The molecule has 1 unspecified atom stereocenters. The number of aryl methyl sites for hydroxylation is 1. The summed E-state index contributed by atoms with van der Waals surface area (Å²) in [5.41, 5.74) is 1.46. The molecule has 1 N–H and O–H groups in total.